The SMILES string of the molecule is [2H]/C(=C(\[2H])C([2H])([2H])C([2H])([2H])C([2H])([2H])C([2H])([2H])C([2H])([2H])C([2H])([2H])C([2H])([2H])C([2H])([2H])[2H])C([2H])([2H])C([2H])([2H])C([2H])([2H])C([2H])([2H])C([2H])([2H])C([2H])([2H])C([2H])([2H])C(=O)O[C@H](COC(=O)C([2H])([2H])C([2H])([2H])C([2H])([2H])C([2H])([2H])C([2H])([2H])C([2H])([2H])C([2H])([2H])C([2H])([2H])C([2H])([2H])C([2H])([2H])C([2H])([2H])C([2H])([2H])C([2H])([2H])C([2H])([2H])C([2H])([2H])[2H])COP(=O)([O-])OCC[N+](C)(C)C. The van der Waals surface area contributed by atoms with Crippen LogP contribution in [0.3, 0.4) is 0 Å². The summed E-state index contributed by atoms with van der Waals surface area (Å²) in [6.07, 6.45) is -149. The second-order valence-corrected chi connectivity index (χ2v) is 10.4. The van der Waals surface area contributed by atoms with Crippen molar-refractivity contribution in [1.29, 1.82) is 0 Å². The summed E-state index contributed by atoms with van der Waals surface area (Å²) in [6, 6.07) is -5.63. The highest BCUT2D eigenvalue weighted by Gasteiger charge is 2.21. The molecule has 0 saturated carbocycles. The molecule has 0 spiro atoms. The van der Waals surface area contributed by atoms with Gasteiger partial charge in [0.15, 0.2) is 6.10 Å². The molecule has 0 aromatic carbocycles. The molecule has 10 heteroatoms. The Kier molecular flexibility index (Phi) is 6.62. The molecule has 0 aliphatic heterocycles. The Hall–Kier alpha value is -1.25. The normalized spacial score (nSPS) is 40.5. The van der Waals surface area contributed by atoms with E-state index < -0.39 is 250 Å². The van der Waals surface area contributed by atoms with Gasteiger partial charge in [-0.15, -0.1) is 0 Å². The highest BCUT2D eigenvalue weighted by Crippen LogP contribution is 2.38. The van der Waals surface area contributed by atoms with Crippen LogP contribution in [-0.2, 0) is 32.7 Å². The lowest BCUT2D eigenvalue weighted by Gasteiger charge is -2.28. The van der Waals surface area contributed by atoms with Crippen molar-refractivity contribution in [1.82, 2.24) is 0 Å². The van der Waals surface area contributed by atoms with E-state index in [1.165, 1.54) is 21.1 Å². The predicted octanol–water partition coefficient (Wildman–Crippen LogP) is 11.2. The van der Waals surface area contributed by atoms with Crippen LogP contribution in [0.4, 0.5) is 0 Å². The first kappa shape index (κ1) is 9.71. The van der Waals surface area contributed by atoms with Crippen LogP contribution in [-0.4, -0.2) is 70.0 Å². The highest BCUT2D eigenvalue weighted by atomic mass is 31.2. The molecule has 9 nitrogen and oxygen atoms in total. The molecule has 0 amide bonds. The third-order valence-electron chi connectivity index (χ3n) is 4.06. The number of carbonyl (C=O) groups is 2. The largest absolute Gasteiger partial charge is 0.756 e. The topological polar surface area (TPSA) is 111 Å². The number of quaternary nitrogens is 1. The van der Waals surface area contributed by atoms with E-state index in [-0.39, 0.29) is 11.0 Å². The number of phosphoric ester groups is 1. The minimum absolute atomic E-state index is 0.0963. The van der Waals surface area contributed by atoms with Crippen LogP contribution in [0, 0.1) is 0 Å². The average Bonchev–Trinajstić information content (AvgIpc) is 0.682. The molecule has 0 aliphatic carbocycles. The molecule has 0 bridgehead atoms. The summed E-state index contributed by atoms with van der Waals surface area (Å²) in [5.41, 5.74) is 0. The Morgan fingerprint density at radius 1 is 0.654 bits per heavy atom. The van der Waals surface area contributed by atoms with Gasteiger partial charge in [0.05, 0.1) is 30.5 Å². The smallest absolute Gasteiger partial charge is 0.306 e. The number of ether oxygens (including phenoxy) is 2. The van der Waals surface area contributed by atoms with E-state index >= 15 is 0 Å². The van der Waals surface area contributed by atoms with Crippen LogP contribution in [0.5, 0.6) is 0 Å². The zero-order chi connectivity index (χ0) is 95.5. The molecule has 0 N–H and O–H groups in total. The van der Waals surface area contributed by atoms with E-state index in [1.807, 2.05) is 0 Å². The molecule has 0 heterocycles. The highest BCUT2D eigenvalue weighted by molar-refractivity contribution is 7.45. The Balaban J connectivity index is 8.29. The van der Waals surface area contributed by atoms with Gasteiger partial charge in [-0.25, -0.2) is 0 Å². The van der Waals surface area contributed by atoms with Gasteiger partial charge in [0, 0.05) is 97.7 Å². The maximum absolute atomic E-state index is 14.0. The molecule has 52 heavy (non-hydrogen) atoms. The van der Waals surface area contributed by atoms with Gasteiger partial charge in [-0.1, -0.05) is 153 Å². The van der Waals surface area contributed by atoms with Crippen LogP contribution in [0.15, 0.2) is 12.1 Å². The summed E-state index contributed by atoms with van der Waals surface area (Å²) >= 11 is 0. The number of likely N-dealkylation sites (N-methyl/N-ethyl adjacent to an activating group) is 1. The summed E-state index contributed by atoms with van der Waals surface area (Å²) in [7, 11) is -1.60. The number of nitrogens with zero attached hydrogens (tertiary/aromatic N) is 1. The van der Waals surface area contributed by atoms with Gasteiger partial charge >= 0.3 is 11.9 Å². The molecule has 2 atom stereocenters. The van der Waals surface area contributed by atoms with Gasteiger partial charge in [-0.2, -0.15) is 0 Å². The molecule has 0 rings (SSSR count). The van der Waals surface area contributed by atoms with Crippen molar-refractivity contribution in [3.05, 3.63) is 12.1 Å². The van der Waals surface area contributed by atoms with Crippen molar-refractivity contribution in [2.45, 2.75) is 198 Å². The molecule has 0 aromatic heterocycles. The van der Waals surface area contributed by atoms with Crippen molar-refractivity contribution < 1.29 is 130 Å². The first-order chi connectivity index (χ1) is 49.1. The number of allylic oxidation sites excluding steroid dienone is 2. The fourth-order valence-corrected chi connectivity index (χ4v) is 2.78. The predicted molar refractivity (Wildman–Crippen MR) is 213 cm³/mol. The number of carbonyl (C=O) groups excluding carboxylic acids is 2. The van der Waals surface area contributed by atoms with Crippen molar-refractivity contribution in [3.63, 3.8) is 0 Å². The number of esters is 2. The number of hydrogen-bond donors (Lipinski definition) is 0. The summed E-state index contributed by atoms with van der Waals surface area (Å²) < 4.78 is 557. The Bertz CT molecular complexity index is 3610. The average molecular weight is 824 g/mol. The van der Waals surface area contributed by atoms with Crippen molar-refractivity contribution >= 4 is 19.8 Å². The molecule has 1 unspecified atom stereocenters. The number of phosphoric acid groups is 1. The van der Waals surface area contributed by atoms with Crippen LogP contribution in [0.25, 0.3) is 0 Å². The van der Waals surface area contributed by atoms with Gasteiger partial charge in [0.1, 0.15) is 19.8 Å². The van der Waals surface area contributed by atoms with Crippen molar-refractivity contribution in [2.75, 3.05) is 47.5 Å². The first-order valence-corrected chi connectivity index (χ1v) is 15.1. The molecular formula is C42H82NO8P. The summed E-state index contributed by atoms with van der Waals surface area (Å²) in [5.74, 6) is -6.17. The second-order valence-electron chi connectivity index (χ2n) is 8.97. The lowest BCUT2D eigenvalue weighted by molar-refractivity contribution is -0.870. The molecule has 0 aliphatic rings. The van der Waals surface area contributed by atoms with Crippen molar-refractivity contribution in [2.24, 2.45) is 0 Å². The maximum atomic E-state index is 14.0. The monoisotopic (exact) mass is 824 g/mol. The van der Waals surface area contributed by atoms with Crippen LogP contribution < -0.4 is 4.89 Å². The fourth-order valence-electron chi connectivity index (χ4n) is 2.05. The summed E-state index contributed by atoms with van der Waals surface area (Å²) in [4.78, 5) is 40.7. The van der Waals surface area contributed by atoms with Gasteiger partial charge in [0.25, 0.3) is 7.82 Å². The van der Waals surface area contributed by atoms with Gasteiger partial charge in [-0.05, 0) is 38.2 Å². The molecule has 308 valence electrons. The zero-order valence-electron chi connectivity index (χ0n) is 91.6. The molecule has 0 radical (unpaired) electrons. The summed E-state index contributed by atoms with van der Waals surface area (Å²) in [5, 5.41) is 0. The third-order valence-corrected chi connectivity index (χ3v) is 5.02. The standard InChI is InChI=1S/C42H82NO8P/c1-6-8-10-12-14-16-18-20-21-23-25-27-29-31-33-35-42(45)51-40(39-50-52(46,47)49-37-36-43(3,4)5)38-48-41(44)34-32-30-28-26-24-22-19-17-15-13-11-9-7-2/h20-21,40H,6-19,22-39H2,1-5H3/b21-20-/t40-/m1/s1/i1D3,2D3,6D2,7D2,8D2,9D2,10D2,11D2,12D2,13D2,14D2,15D2,16D2,17D2,18D2,19D2,20D,21D,22D2,23D2,24D2,25D2,26D2,27D2,28D2,29D2,30D2,31D2,32D2,33D2,34D2,35D2. The second kappa shape index (κ2) is 35.5. The van der Waals surface area contributed by atoms with Crippen LogP contribution in [0.2, 0.25) is 0 Å². The Morgan fingerprint density at radius 2 is 1.08 bits per heavy atom. The van der Waals surface area contributed by atoms with Gasteiger partial charge in [0.2, 0.25) is 0 Å². The summed E-state index contributed by atoms with van der Waals surface area (Å²) in [6.45, 7) is -14.0. The quantitative estimate of drug-likeness (QED) is 0.0261. The fraction of sp³-hybridized carbons (Fsp3) is 0.905. The third kappa shape index (κ3) is 38.5. The van der Waals surface area contributed by atoms with Crippen molar-refractivity contribution in [3.8, 4) is 0 Å². The Labute approximate surface area is 410 Å². The first-order valence-electron chi connectivity index (χ1n) is 45.6. The number of rotatable bonds is 39. The maximum Gasteiger partial charge on any atom is 0.306 e. The van der Waals surface area contributed by atoms with Gasteiger partial charge in [-0.3, -0.25) is 14.2 Å². The number of hydrogen-bond acceptors (Lipinski definition) is 8. The van der Waals surface area contributed by atoms with E-state index in [1.54, 1.807) is 0 Å². The van der Waals surface area contributed by atoms with E-state index in [4.69, 9.17) is 87.7 Å². The Morgan fingerprint density at radius 3 is 1.54 bits per heavy atom. The lowest BCUT2D eigenvalue weighted by Crippen LogP contribution is -2.37. The minimum Gasteiger partial charge on any atom is -0.756 e. The van der Waals surface area contributed by atoms with Crippen LogP contribution >= 0.6 is 7.82 Å². The van der Waals surface area contributed by atoms with Crippen LogP contribution in [0.1, 0.15) is 280 Å². The minimum atomic E-state index is -5.95. The molecule has 0 saturated heterocycles. The molecular weight excluding hydrogens is 677 g/mol. The van der Waals surface area contributed by atoms with E-state index in [0.717, 1.165) is 0 Å². The van der Waals surface area contributed by atoms with Gasteiger partial charge < -0.3 is 27.9 Å². The zero-order valence-corrected chi connectivity index (χ0v) is 28.5. The lowest BCUT2D eigenvalue weighted by atomic mass is 10.0. The molecule has 0 fully saturated rings. The van der Waals surface area contributed by atoms with E-state index in [0.29, 0.717) is 0 Å². The van der Waals surface area contributed by atoms with E-state index in [2.05, 4.69) is 18.5 Å². The molecule has 0 aromatic rings. The van der Waals surface area contributed by atoms with E-state index in [9.17, 15) is 19.0 Å².